The number of rotatable bonds is 4. The van der Waals surface area contributed by atoms with E-state index in [2.05, 4.69) is 10.7 Å². The third-order valence-electron chi connectivity index (χ3n) is 2.51. The van der Waals surface area contributed by atoms with E-state index in [4.69, 9.17) is 5.84 Å². The number of hydrogen-bond acceptors (Lipinski definition) is 5. The van der Waals surface area contributed by atoms with Gasteiger partial charge in [0.1, 0.15) is 11.6 Å². The van der Waals surface area contributed by atoms with Crippen LogP contribution in [0.5, 0.6) is 0 Å². The SMILES string of the molecule is NNc1cc(Nc2ccc(F)cc2F)cc([N+](=O)[O-])c1. The van der Waals surface area contributed by atoms with Crippen LogP contribution in [0.25, 0.3) is 0 Å². The molecule has 0 heterocycles. The van der Waals surface area contributed by atoms with Crippen molar-refractivity contribution in [3.05, 3.63) is 58.1 Å². The van der Waals surface area contributed by atoms with Crippen LogP contribution in [0.1, 0.15) is 0 Å². The highest BCUT2D eigenvalue weighted by molar-refractivity contribution is 5.68. The number of nitrogens with one attached hydrogen (secondary N) is 2. The lowest BCUT2D eigenvalue weighted by Gasteiger charge is -2.09. The molecule has 8 heteroatoms. The van der Waals surface area contributed by atoms with E-state index >= 15 is 0 Å². The van der Waals surface area contributed by atoms with Crippen molar-refractivity contribution in [2.75, 3.05) is 10.7 Å². The van der Waals surface area contributed by atoms with Gasteiger partial charge in [-0.25, -0.2) is 8.78 Å². The molecule has 0 aliphatic rings. The van der Waals surface area contributed by atoms with Gasteiger partial charge in [0.05, 0.1) is 16.3 Å². The maximum atomic E-state index is 13.5. The second-order valence-electron chi connectivity index (χ2n) is 3.92. The summed E-state index contributed by atoms with van der Waals surface area (Å²) < 4.78 is 26.3. The van der Waals surface area contributed by atoms with Crippen molar-refractivity contribution >= 4 is 22.7 Å². The van der Waals surface area contributed by atoms with Crippen LogP contribution in [0.2, 0.25) is 0 Å². The van der Waals surface area contributed by atoms with E-state index in [1.807, 2.05) is 0 Å². The number of nitro groups is 1. The number of nitrogens with zero attached hydrogens (tertiary/aromatic N) is 1. The summed E-state index contributed by atoms with van der Waals surface area (Å²) in [6.07, 6.45) is 0. The minimum absolute atomic E-state index is 0.00475. The summed E-state index contributed by atoms with van der Waals surface area (Å²) in [6, 6.07) is 6.87. The molecule has 2 aromatic carbocycles. The van der Waals surface area contributed by atoms with Crippen molar-refractivity contribution in [1.82, 2.24) is 0 Å². The lowest BCUT2D eigenvalue weighted by Crippen LogP contribution is -2.07. The van der Waals surface area contributed by atoms with Gasteiger partial charge in [-0.1, -0.05) is 0 Å². The Balaban J connectivity index is 2.37. The lowest BCUT2D eigenvalue weighted by atomic mass is 10.2. The van der Waals surface area contributed by atoms with Crippen LogP contribution in [0.3, 0.4) is 0 Å². The Morgan fingerprint density at radius 2 is 1.80 bits per heavy atom. The molecule has 0 aromatic heterocycles. The van der Waals surface area contributed by atoms with Gasteiger partial charge in [-0.15, -0.1) is 0 Å². The van der Waals surface area contributed by atoms with Gasteiger partial charge in [0, 0.05) is 23.9 Å². The number of benzene rings is 2. The summed E-state index contributed by atoms with van der Waals surface area (Å²) in [5.74, 6) is 3.69. The van der Waals surface area contributed by atoms with E-state index < -0.39 is 16.6 Å². The highest BCUT2D eigenvalue weighted by Crippen LogP contribution is 2.27. The monoisotopic (exact) mass is 280 g/mol. The maximum absolute atomic E-state index is 13.5. The second kappa shape index (κ2) is 5.49. The first-order chi connectivity index (χ1) is 9.49. The molecule has 0 saturated heterocycles. The fourth-order valence-corrected chi connectivity index (χ4v) is 1.62. The molecule has 0 bridgehead atoms. The van der Waals surface area contributed by atoms with Gasteiger partial charge < -0.3 is 10.7 Å². The number of nitrogens with two attached hydrogens (primary N) is 1. The van der Waals surface area contributed by atoms with E-state index in [1.165, 1.54) is 24.3 Å². The number of hydrogen-bond donors (Lipinski definition) is 3. The van der Waals surface area contributed by atoms with Crippen LogP contribution in [0.15, 0.2) is 36.4 Å². The van der Waals surface area contributed by atoms with Gasteiger partial charge >= 0.3 is 0 Å². The molecule has 0 radical (unpaired) electrons. The quantitative estimate of drug-likeness (QED) is 0.455. The van der Waals surface area contributed by atoms with E-state index in [9.17, 15) is 18.9 Å². The van der Waals surface area contributed by atoms with Gasteiger partial charge in [-0.2, -0.15) is 0 Å². The Morgan fingerprint density at radius 1 is 1.10 bits per heavy atom. The molecule has 0 aliphatic carbocycles. The first-order valence-corrected chi connectivity index (χ1v) is 5.48. The summed E-state index contributed by atoms with van der Waals surface area (Å²) in [4.78, 5) is 10.2. The van der Waals surface area contributed by atoms with Gasteiger partial charge in [-0.3, -0.25) is 16.0 Å². The third-order valence-corrected chi connectivity index (χ3v) is 2.51. The number of nitrogen functional groups attached to an aromatic ring is 1. The highest BCUT2D eigenvalue weighted by atomic mass is 19.1. The standard InChI is InChI=1S/C12H10F2N4O2/c13-7-1-2-12(11(14)3-7)16-8-4-9(17-15)6-10(5-8)18(19)20/h1-6,16-17H,15H2. The molecule has 0 fully saturated rings. The molecule has 0 spiro atoms. The van der Waals surface area contributed by atoms with Crippen molar-refractivity contribution in [1.29, 1.82) is 0 Å². The minimum Gasteiger partial charge on any atom is -0.353 e. The third kappa shape index (κ3) is 2.98. The summed E-state index contributed by atoms with van der Waals surface area (Å²) in [5.41, 5.74) is 2.58. The normalized spacial score (nSPS) is 10.2. The largest absolute Gasteiger partial charge is 0.353 e. The lowest BCUT2D eigenvalue weighted by molar-refractivity contribution is -0.384. The van der Waals surface area contributed by atoms with Crippen LogP contribution in [-0.2, 0) is 0 Å². The molecule has 2 rings (SSSR count). The van der Waals surface area contributed by atoms with Gasteiger partial charge in [-0.05, 0) is 18.2 Å². The molecule has 0 atom stereocenters. The van der Waals surface area contributed by atoms with Gasteiger partial charge in [0.25, 0.3) is 5.69 Å². The average Bonchev–Trinajstić information content (AvgIpc) is 2.41. The summed E-state index contributed by atoms with van der Waals surface area (Å²) >= 11 is 0. The smallest absolute Gasteiger partial charge is 0.273 e. The van der Waals surface area contributed by atoms with E-state index in [0.29, 0.717) is 6.07 Å². The highest BCUT2D eigenvalue weighted by Gasteiger charge is 2.11. The van der Waals surface area contributed by atoms with Crippen molar-refractivity contribution in [3.8, 4) is 0 Å². The minimum atomic E-state index is -0.807. The van der Waals surface area contributed by atoms with Crippen molar-refractivity contribution in [3.63, 3.8) is 0 Å². The van der Waals surface area contributed by atoms with Gasteiger partial charge in [0.15, 0.2) is 0 Å². The number of halogens is 2. The molecular weight excluding hydrogens is 270 g/mol. The Hall–Kier alpha value is -2.74. The Morgan fingerprint density at radius 3 is 2.40 bits per heavy atom. The summed E-state index contributed by atoms with van der Waals surface area (Å²) in [7, 11) is 0. The first-order valence-electron chi connectivity index (χ1n) is 5.48. The average molecular weight is 280 g/mol. The Bertz CT molecular complexity index is 664. The van der Waals surface area contributed by atoms with Crippen LogP contribution in [0, 0.1) is 21.7 Å². The van der Waals surface area contributed by atoms with Crippen LogP contribution >= 0.6 is 0 Å². The zero-order valence-corrected chi connectivity index (χ0v) is 10.1. The van der Waals surface area contributed by atoms with Crippen molar-refractivity contribution in [2.24, 2.45) is 5.84 Å². The topological polar surface area (TPSA) is 93.2 Å². The van der Waals surface area contributed by atoms with Crippen molar-refractivity contribution < 1.29 is 13.7 Å². The molecule has 2 aromatic rings. The molecule has 0 saturated carbocycles. The second-order valence-corrected chi connectivity index (χ2v) is 3.92. The van der Waals surface area contributed by atoms with Crippen LogP contribution in [-0.4, -0.2) is 4.92 Å². The predicted molar refractivity (Wildman–Crippen MR) is 70.5 cm³/mol. The number of anilines is 3. The van der Waals surface area contributed by atoms with E-state index in [-0.39, 0.29) is 22.7 Å². The molecule has 0 unspecified atom stereocenters. The zero-order valence-electron chi connectivity index (χ0n) is 10.1. The maximum Gasteiger partial charge on any atom is 0.273 e. The molecule has 4 N–H and O–H groups in total. The molecule has 20 heavy (non-hydrogen) atoms. The first kappa shape index (κ1) is 13.7. The number of hydrazine groups is 1. The molecular formula is C12H10F2N4O2. The van der Waals surface area contributed by atoms with Crippen molar-refractivity contribution in [2.45, 2.75) is 0 Å². The fourth-order valence-electron chi connectivity index (χ4n) is 1.62. The number of non-ortho nitro benzene ring substituents is 1. The Labute approximate surface area is 112 Å². The Kier molecular flexibility index (Phi) is 3.76. The van der Waals surface area contributed by atoms with E-state index in [0.717, 1.165) is 6.07 Å². The van der Waals surface area contributed by atoms with Gasteiger partial charge in [0.2, 0.25) is 0 Å². The summed E-state index contributed by atoms with van der Waals surface area (Å²) in [5, 5.41) is 13.4. The van der Waals surface area contributed by atoms with Crippen LogP contribution < -0.4 is 16.6 Å². The fraction of sp³-hybridized carbons (Fsp3) is 0. The summed E-state index contributed by atoms with van der Waals surface area (Å²) in [6.45, 7) is 0. The molecule has 6 nitrogen and oxygen atoms in total. The zero-order chi connectivity index (χ0) is 14.7. The molecule has 104 valence electrons. The molecule has 0 aliphatic heterocycles. The van der Waals surface area contributed by atoms with Crippen LogP contribution in [0.4, 0.5) is 31.5 Å². The number of nitro benzene ring substituents is 1. The van der Waals surface area contributed by atoms with E-state index in [1.54, 1.807) is 0 Å². The molecule has 0 amide bonds. The predicted octanol–water partition coefficient (Wildman–Crippen LogP) is 2.90.